The Labute approximate surface area is 119 Å². The van der Waals surface area contributed by atoms with Crippen molar-refractivity contribution in [3.63, 3.8) is 0 Å². The lowest BCUT2D eigenvalue weighted by Gasteiger charge is -2.06. The van der Waals surface area contributed by atoms with Gasteiger partial charge in [-0.2, -0.15) is 5.10 Å². The van der Waals surface area contributed by atoms with E-state index in [-0.39, 0.29) is 5.56 Å². The number of pyridine rings is 1. The Morgan fingerprint density at radius 3 is 2.85 bits per heavy atom. The summed E-state index contributed by atoms with van der Waals surface area (Å²) in [6, 6.07) is 9.13. The number of rotatable bonds is 3. The van der Waals surface area contributed by atoms with E-state index in [0.717, 1.165) is 15.8 Å². The number of carboxylic acids is 1. The van der Waals surface area contributed by atoms with Crippen LogP contribution in [0, 0.1) is 0 Å². The largest absolute Gasteiger partial charge is 0.478 e. The Bertz CT molecular complexity index is 798. The third kappa shape index (κ3) is 2.37. The van der Waals surface area contributed by atoms with E-state index in [2.05, 4.69) is 10.1 Å². The maximum absolute atomic E-state index is 11.4. The maximum atomic E-state index is 11.4. The van der Waals surface area contributed by atoms with Crippen molar-refractivity contribution in [3.05, 3.63) is 48.3 Å². The van der Waals surface area contributed by atoms with E-state index >= 15 is 0 Å². The average molecular weight is 285 g/mol. The minimum atomic E-state index is -0.977. The van der Waals surface area contributed by atoms with Crippen LogP contribution in [-0.2, 0) is 7.05 Å². The molecule has 0 radical (unpaired) electrons. The van der Waals surface area contributed by atoms with Crippen LogP contribution in [0.2, 0.25) is 0 Å². The van der Waals surface area contributed by atoms with Crippen molar-refractivity contribution in [1.29, 1.82) is 0 Å². The number of benzene rings is 1. The third-order valence-corrected chi connectivity index (χ3v) is 3.77. The average Bonchev–Trinajstić information content (AvgIpc) is 2.83. The van der Waals surface area contributed by atoms with Crippen LogP contribution in [0.5, 0.6) is 0 Å². The van der Waals surface area contributed by atoms with Crippen LogP contribution in [0.15, 0.2) is 52.6 Å². The number of nitrogens with zero attached hydrogens (tertiary/aromatic N) is 3. The molecule has 0 amide bonds. The number of hydrogen-bond donors (Lipinski definition) is 1. The molecule has 2 heterocycles. The summed E-state index contributed by atoms with van der Waals surface area (Å²) >= 11 is 1.30. The van der Waals surface area contributed by atoms with Crippen LogP contribution < -0.4 is 0 Å². The predicted octanol–water partition coefficient (Wildman–Crippen LogP) is 2.82. The fraction of sp³-hybridized carbons (Fsp3) is 0.0714. The Morgan fingerprint density at radius 2 is 2.15 bits per heavy atom. The highest BCUT2D eigenvalue weighted by Gasteiger charge is 2.15. The second-order valence-corrected chi connectivity index (χ2v) is 5.35. The normalized spacial score (nSPS) is 10.8. The SMILES string of the molecule is Cn1cc(Sc2nc3ccccc3cc2C(=O)O)cn1. The summed E-state index contributed by atoms with van der Waals surface area (Å²) < 4.78 is 1.67. The Morgan fingerprint density at radius 1 is 1.35 bits per heavy atom. The van der Waals surface area contributed by atoms with E-state index in [0.29, 0.717) is 5.03 Å². The number of carbonyl (C=O) groups is 1. The molecule has 3 aromatic rings. The van der Waals surface area contributed by atoms with Crippen LogP contribution in [0.1, 0.15) is 10.4 Å². The van der Waals surface area contributed by atoms with Crippen molar-refractivity contribution in [2.24, 2.45) is 7.05 Å². The predicted molar refractivity (Wildman–Crippen MR) is 76.0 cm³/mol. The quantitative estimate of drug-likeness (QED) is 0.801. The van der Waals surface area contributed by atoms with E-state index in [1.54, 1.807) is 16.9 Å². The fourth-order valence-electron chi connectivity index (χ4n) is 1.89. The number of aryl methyl sites for hydroxylation is 1. The summed E-state index contributed by atoms with van der Waals surface area (Å²) in [5, 5.41) is 14.7. The highest BCUT2D eigenvalue weighted by Crippen LogP contribution is 2.30. The lowest BCUT2D eigenvalue weighted by atomic mass is 10.1. The highest BCUT2D eigenvalue weighted by atomic mass is 32.2. The number of para-hydroxylation sites is 1. The fourth-order valence-corrected chi connectivity index (χ4v) is 2.82. The lowest BCUT2D eigenvalue weighted by molar-refractivity contribution is 0.0692. The van der Waals surface area contributed by atoms with Crippen molar-refractivity contribution in [3.8, 4) is 0 Å². The number of aromatic carboxylic acids is 1. The van der Waals surface area contributed by atoms with E-state index in [4.69, 9.17) is 0 Å². The lowest BCUT2D eigenvalue weighted by Crippen LogP contribution is -2.01. The van der Waals surface area contributed by atoms with E-state index in [1.165, 1.54) is 11.8 Å². The van der Waals surface area contributed by atoms with Crippen LogP contribution in [0.3, 0.4) is 0 Å². The van der Waals surface area contributed by atoms with E-state index in [1.807, 2.05) is 37.5 Å². The van der Waals surface area contributed by atoms with Crippen molar-refractivity contribution < 1.29 is 9.90 Å². The molecule has 0 saturated heterocycles. The molecule has 0 aliphatic rings. The zero-order chi connectivity index (χ0) is 14.1. The van der Waals surface area contributed by atoms with Crippen molar-refractivity contribution in [2.75, 3.05) is 0 Å². The summed E-state index contributed by atoms with van der Waals surface area (Å²) in [4.78, 5) is 16.7. The van der Waals surface area contributed by atoms with Gasteiger partial charge in [-0.15, -0.1) is 0 Å². The molecule has 0 aliphatic carbocycles. The molecule has 6 heteroatoms. The third-order valence-electron chi connectivity index (χ3n) is 2.82. The first-order chi connectivity index (χ1) is 9.63. The van der Waals surface area contributed by atoms with Gasteiger partial charge < -0.3 is 5.11 Å². The summed E-state index contributed by atoms with van der Waals surface area (Å²) in [7, 11) is 1.82. The summed E-state index contributed by atoms with van der Waals surface area (Å²) in [5.74, 6) is -0.977. The molecule has 0 fully saturated rings. The van der Waals surface area contributed by atoms with Crippen LogP contribution in [0.4, 0.5) is 0 Å². The Hall–Kier alpha value is -2.34. The molecule has 20 heavy (non-hydrogen) atoms. The number of fused-ring (bicyclic) bond motifs is 1. The van der Waals surface area contributed by atoms with Gasteiger partial charge in [-0.3, -0.25) is 4.68 Å². The minimum Gasteiger partial charge on any atom is -0.478 e. The molecular formula is C14H11N3O2S. The zero-order valence-electron chi connectivity index (χ0n) is 10.6. The molecule has 0 unspecified atom stereocenters. The number of carboxylic acid groups (broad SMARTS) is 1. The standard InChI is InChI=1S/C14H11N3O2S/c1-17-8-10(7-15-17)20-13-11(14(18)19)6-9-4-2-3-5-12(9)16-13/h2-8H,1H3,(H,18,19). The Balaban J connectivity index is 2.11. The molecule has 0 atom stereocenters. The van der Waals surface area contributed by atoms with Crippen molar-refractivity contribution in [1.82, 2.24) is 14.8 Å². The Kier molecular flexibility index (Phi) is 3.15. The molecule has 100 valence electrons. The van der Waals surface area contributed by atoms with Crippen molar-refractivity contribution >= 4 is 28.6 Å². The smallest absolute Gasteiger partial charge is 0.338 e. The monoisotopic (exact) mass is 285 g/mol. The van der Waals surface area contributed by atoms with E-state index < -0.39 is 5.97 Å². The first-order valence-corrected chi connectivity index (χ1v) is 6.75. The summed E-state index contributed by atoms with van der Waals surface area (Å²) in [6.07, 6.45) is 3.51. The molecular weight excluding hydrogens is 274 g/mol. The zero-order valence-corrected chi connectivity index (χ0v) is 11.5. The molecule has 1 aromatic carbocycles. The highest BCUT2D eigenvalue weighted by molar-refractivity contribution is 7.99. The maximum Gasteiger partial charge on any atom is 0.338 e. The van der Waals surface area contributed by atoms with Gasteiger partial charge in [0.15, 0.2) is 0 Å². The van der Waals surface area contributed by atoms with Gasteiger partial charge >= 0.3 is 5.97 Å². The van der Waals surface area contributed by atoms with Crippen molar-refractivity contribution in [2.45, 2.75) is 9.92 Å². The molecule has 5 nitrogen and oxygen atoms in total. The van der Waals surface area contributed by atoms with Gasteiger partial charge in [-0.05, 0) is 12.1 Å². The van der Waals surface area contributed by atoms with Gasteiger partial charge in [0.25, 0.3) is 0 Å². The number of hydrogen-bond acceptors (Lipinski definition) is 4. The number of aromatic nitrogens is 3. The molecule has 3 rings (SSSR count). The molecule has 0 aliphatic heterocycles. The van der Waals surface area contributed by atoms with Gasteiger partial charge in [-0.25, -0.2) is 9.78 Å². The molecule has 1 N–H and O–H groups in total. The van der Waals surface area contributed by atoms with Crippen LogP contribution >= 0.6 is 11.8 Å². The minimum absolute atomic E-state index is 0.206. The first kappa shape index (κ1) is 12.7. The second kappa shape index (κ2) is 4.97. The molecule has 0 spiro atoms. The van der Waals surface area contributed by atoms with Gasteiger partial charge in [0.1, 0.15) is 5.03 Å². The molecule has 2 aromatic heterocycles. The molecule has 0 bridgehead atoms. The second-order valence-electron chi connectivity index (χ2n) is 4.29. The van der Waals surface area contributed by atoms with Gasteiger partial charge in [0, 0.05) is 18.6 Å². The van der Waals surface area contributed by atoms with Gasteiger partial charge in [0.05, 0.1) is 22.2 Å². The van der Waals surface area contributed by atoms with Crippen LogP contribution in [-0.4, -0.2) is 25.8 Å². The summed E-state index contributed by atoms with van der Waals surface area (Å²) in [6.45, 7) is 0. The van der Waals surface area contributed by atoms with Gasteiger partial charge in [0.2, 0.25) is 0 Å². The van der Waals surface area contributed by atoms with Gasteiger partial charge in [-0.1, -0.05) is 30.0 Å². The first-order valence-electron chi connectivity index (χ1n) is 5.93. The molecule has 0 saturated carbocycles. The summed E-state index contributed by atoms with van der Waals surface area (Å²) in [5.41, 5.74) is 0.987. The topological polar surface area (TPSA) is 68.0 Å². The van der Waals surface area contributed by atoms with Crippen LogP contribution in [0.25, 0.3) is 10.9 Å². The van der Waals surface area contributed by atoms with E-state index in [9.17, 15) is 9.90 Å².